The van der Waals surface area contributed by atoms with E-state index in [1.54, 1.807) is 4.90 Å². The van der Waals surface area contributed by atoms with Gasteiger partial charge in [-0.15, -0.1) is 24.0 Å². The number of amides is 1. The molecule has 1 saturated carbocycles. The van der Waals surface area contributed by atoms with Gasteiger partial charge in [0.1, 0.15) is 0 Å². The van der Waals surface area contributed by atoms with Crippen molar-refractivity contribution in [1.82, 2.24) is 10.2 Å². The van der Waals surface area contributed by atoms with Crippen LogP contribution in [0.3, 0.4) is 0 Å². The molecule has 3 rings (SSSR count). The molecule has 1 heterocycles. The highest BCUT2D eigenvalue weighted by atomic mass is 127. The van der Waals surface area contributed by atoms with Gasteiger partial charge >= 0.3 is 6.09 Å². The fourth-order valence-electron chi connectivity index (χ4n) is 3.53. The summed E-state index contributed by atoms with van der Waals surface area (Å²) in [6.07, 6.45) is 5.02. The van der Waals surface area contributed by atoms with Crippen molar-refractivity contribution in [2.45, 2.75) is 45.1 Å². The number of rotatable bonds is 6. The minimum absolute atomic E-state index is 0. The number of hydrogen-bond acceptors (Lipinski definition) is 3. The predicted octanol–water partition coefficient (Wildman–Crippen LogP) is 3.15. The molecule has 1 aliphatic carbocycles. The second kappa shape index (κ2) is 10.1. The number of carbonyl (C=O) groups excluding carboxylic acids is 1. The van der Waals surface area contributed by atoms with Gasteiger partial charge in [-0.25, -0.2) is 4.79 Å². The zero-order chi connectivity index (χ0) is 18.4. The van der Waals surface area contributed by atoms with Crippen LogP contribution < -0.4 is 11.1 Å². The lowest BCUT2D eigenvalue weighted by Crippen LogP contribution is -2.48. The maximum absolute atomic E-state index is 11.7. The van der Waals surface area contributed by atoms with E-state index in [-0.39, 0.29) is 36.1 Å². The Morgan fingerprint density at radius 2 is 1.96 bits per heavy atom. The van der Waals surface area contributed by atoms with Crippen LogP contribution in [0.15, 0.2) is 35.3 Å². The van der Waals surface area contributed by atoms with Crippen LogP contribution in [-0.4, -0.2) is 49.2 Å². The smallest absolute Gasteiger partial charge is 0.409 e. The summed E-state index contributed by atoms with van der Waals surface area (Å²) in [5.74, 6) is 0.527. The number of benzene rings is 1. The fraction of sp³-hybridized carbons (Fsp3) is 0.600. The standard InChI is InChI=1S/C20H30N4O2.HI/c1-2-26-19(25)24-12-8-17(9-13-24)23-18(21)22-15-20(10-11-20)14-16-6-4-3-5-7-16;/h3-7,17H,2,8-15H2,1H3,(H3,21,22,23);1H. The zero-order valence-electron chi connectivity index (χ0n) is 16.0. The summed E-state index contributed by atoms with van der Waals surface area (Å²) in [4.78, 5) is 18.1. The lowest BCUT2D eigenvalue weighted by molar-refractivity contribution is 0.0963. The minimum atomic E-state index is -0.218. The largest absolute Gasteiger partial charge is 0.450 e. The van der Waals surface area contributed by atoms with Crippen molar-refractivity contribution in [3.05, 3.63) is 35.9 Å². The molecule has 2 fully saturated rings. The van der Waals surface area contributed by atoms with Crippen molar-refractivity contribution in [3.8, 4) is 0 Å². The number of nitrogens with two attached hydrogens (primary N) is 1. The van der Waals surface area contributed by atoms with Crippen LogP contribution in [0.1, 0.15) is 38.2 Å². The normalized spacial score (nSPS) is 19.1. The number of halogens is 1. The molecule has 0 bridgehead atoms. The second-order valence-electron chi connectivity index (χ2n) is 7.47. The SMILES string of the molecule is CCOC(=O)N1CCC(NC(N)=NCC2(Cc3ccccc3)CC2)CC1.I. The maximum Gasteiger partial charge on any atom is 0.409 e. The van der Waals surface area contributed by atoms with Gasteiger partial charge in [-0.3, -0.25) is 4.99 Å². The average Bonchev–Trinajstić information content (AvgIpc) is 3.41. The summed E-state index contributed by atoms with van der Waals surface area (Å²) in [5, 5.41) is 3.32. The molecule has 7 heteroatoms. The summed E-state index contributed by atoms with van der Waals surface area (Å²) in [7, 11) is 0. The Balaban J connectivity index is 0.00000261. The van der Waals surface area contributed by atoms with Gasteiger partial charge in [-0.1, -0.05) is 30.3 Å². The maximum atomic E-state index is 11.7. The van der Waals surface area contributed by atoms with Crippen LogP contribution in [0.2, 0.25) is 0 Å². The molecule has 0 aromatic heterocycles. The molecule has 1 saturated heterocycles. The molecule has 0 atom stereocenters. The molecule has 2 aliphatic rings. The van der Waals surface area contributed by atoms with E-state index in [4.69, 9.17) is 10.5 Å². The molecule has 1 aliphatic heterocycles. The predicted molar refractivity (Wildman–Crippen MR) is 118 cm³/mol. The van der Waals surface area contributed by atoms with Crippen LogP contribution in [-0.2, 0) is 11.2 Å². The Labute approximate surface area is 178 Å². The first kappa shape index (κ1) is 21.8. The number of nitrogens with one attached hydrogen (secondary N) is 1. The van der Waals surface area contributed by atoms with Crippen LogP contribution >= 0.6 is 24.0 Å². The highest BCUT2D eigenvalue weighted by Gasteiger charge is 2.42. The number of nitrogens with zero attached hydrogens (tertiary/aromatic N) is 2. The van der Waals surface area contributed by atoms with E-state index in [0.29, 0.717) is 31.1 Å². The molecule has 0 radical (unpaired) electrons. The third kappa shape index (κ3) is 6.55. The van der Waals surface area contributed by atoms with Crippen molar-refractivity contribution < 1.29 is 9.53 Å². The highest BCUT2D eigenvalue weighted by Crippen LogP contribution is 2.48. The van der Waals surface area contributed by atoms with E-state index < -0.39 is 0 Å². The Bertz CT molecular complexity index is 626. The summed E-state index contributed by atoms with van der Waals surface area (Å²) >= 11 is 0. The average molecular weight is 486 g/mol. The van der Waals surface area contributed by atoms with E-state index in [2.05, 4.69) is 40.6 Å². The quantitative estimate of drug-likeness (QED) is 0.368. The van der Waals surface area contributed by atoms with E-state index in [0.717, 1.165) is 25.8 Å². The lowest BCUT2D eigenvalue weighted by Gasteiger charge is -2.31. The molecule has 1 amide bonds. The summed E-state index contributed by atoms with van der Waals surface area (Å²) < 4.78 is 5.05. The summed E-state index contributed by atoms with van der Waals surface area (Å²) in [6, 6.07) is 10.9. The molecule has 0 spiro atoms. The van der Waals surface area contributed by atoms with Gasteiger partial charge in [0.2, 0.25) is 0 Å². The zero-order valence-corrected chi connectivity index (χ0v) is 18.4. The van der Waals surface area contributed by atoms with E-state index in [1.165, 1.54) is 18.4 Å². The number of aliphatic imine (C=N–C) groups is 1. The topological polar surface area (TPSA) is 80.0 Å². The van der Waals surface area contributed by atoms with E-state index in [9.17, 15) is 4.79 Å². The highest BCUT2D eigenvalue weighted by molar-refractivity contribution is 14.0. The first-order valence-corrected chi connectivity index (χ1v) is 9.62. The Hall–Kier alpha value is -1.51. The molecule has 150 valence electrons. The molecule has 3 N–H and O–H groups in total. The van der Waals surface area contributed by atoms with Crippen molar-refractivity contribution in [2.75, 3.05) is 26.2 Å². The van der Waals surface area contributed by atoms with Crippen LogP contribution in [0, 0.1) is 5.41 Å². The first-order valence-electron chi connectivity index (χ1n) is 9.62. The number of carbonyl (C=O) groups is 1. The number of piperidine rings is 1. The molecule has 27 heavy (non-hydrogen) atoms. The van der Waals surface area contributed by atoms with Crippen LogP contribution in [0.5, 0.6) is 0 Å². The van der Waals surface area contributed by atoms with Gasteiger partial charge in [-0.05, 0) is 50.0 Å². The number of ether oxygens (including phenoxy) is 1. The lowest BCUT2D eigenvalue weighted by atomic mass is 9.97. The van der Waals surface area contributed by atoms with Gasteiger partial charge in [0.25, 0.3) is 0 Å². The van der Waals surface area contributed by atoms with E-state index in [1.807, 2.05) is 6.92 Å². The summed E-state index contributed by atoms with van der Waals surface area (Å²) in [6.45, 7) is 4.42. The molecule has 1 aromatic carbocycles. The number of hydrogen-bond donors (Lipinski definition) is 2. The Kier molecular flexibility index (Phi) is 8.19. The van der Waals surface area contributed by atoms with Crippen molar-refractivity contribution >= 4 is 36.0 Å². The molecular weight excluding hydrogens is 455 g/mol. The second-order valence-corrected chi connectivity index (χ2v) is 7.47. The molecule has 1 aromatic rings. The van der Waals surface area contributed by atoms with Gasteiger partial charge in [0, 0.05) is 25.7 Å². The molecule has 6 nitrogen and oxygen atoms in total. The molecular formula is C20H31IN4O2. The first-order chi connectivity index (χ1) is 12.6. The van der Waals surface area contributed by atoms with Gasteiger partial charge in [0.15, 0.2) is 5.96 Å². The van der Waals surface area contributed by atoms with Gasteiger partial charge < -0.3 is 20.7 Å². The third-order valence-corrected chi connectivity index (χ3v) is 5.34. The van der Waals surface area contributed by atoms with Crippen molar-refractivity contribution in [1.29, 1.82) is 0 Å². The molecule has 0 unspecified atom stereocenters. The van der Waals surface area contributed by atoms with Gasteiger partial charge in [-0.2, -0.15) is 0 Å². The third-order valence-electron chi connectivity index (χ3n) is 5.34. The fourth-order valence-corrected chi connectivity index (χ4v) is 3.53. The Morgan fingerprint density at radius 1 is 1.30 bits per heavy atom. The monoisotopic (exact) mass is 486 g/mol. The minimum Gasteiger partial charge on any atom is -0.450 e. The number of likely N-dealkylation sites (tertiary alicyclic amines) is 1. The van der Waals surface area contributed by atoms with Crippen LogP contribution in [0.4, 0.5) is 4.79 Å². The van der Waals surface area contributed by atoms with Gasteiger partial charge in [0.05, 0.1) is 6.61 Å². The van der Waals surface area contributed by atoms with Crippen molar-refractivity contribution in [3.63, 3.8) is 0 Å². The van der Waals surface area contributed by atoms with E-state index >= 15 is 0 Å². The Morgan fingerprint density at radius 3 is 2.56 bits per heavy atom. The number of guanidine groups is 1. The van der Waals surface area contributed by atoms with Crippen molar-refractivity contribution in [2.24, 2.45) is 16.1 Å². The summed E-state index contributed by atoms with van der Waals surface area (Å²) in [5.41, 5.74) is 7.77. The van der Waals surface area contributed by atoms with Crippen LogP contribution in [0.25, 0.3) is 0 Å².